The number of nitrogens with one attached hydrogen (secondary N) is 1. The summed E-state index contributed by atoms with van der Waals surface area (Å²) in [6, 6.07) is 18.3. The molecule has 37 heavy (non-hydrogen) atoms. The van der Waals surface area contributed by atoms with Gasteiger partial charge in [0.05, 0.1) is 16.7 Å². The molecule has 3 heterocycles. The fraction of sp³-hybridized carbons (Fsp3) is 0.107. The van der Waals surface area contributed by atoms with Gasteiger partial charge < -0.3 is 14.6 Å². The zero-order chi connectivity index (χ0) is 25.2. The fourth-order valence-electron chi connectivity index (χ4n) is 4.20. The molecular formula is C28H21ClFN5OS. The number of anilines is 2. The van der Waals surface area contributed by atoms with Crippen molar-refractivity contribution in [3.8, 4) is 5.75 Å². The van der Waals surface area contributed by atoms with Gasteiger partial charge in [0.1, 0.15) is 35.1 Å². The Morgan fingerprint density at radius 3 is 2.81 bits per heavy atom. The fourth-order valence-corrected chi connectivity index (χ4v) is 5.54. The van der Waals surface area contributed by atoms with E-state index in [1.54, 1.807) is 48.1 Å². The van der Waals surface area contributed by atoms with Gasteiger partial charge >= 0.3 is 0 Å². The molecule has 184 valence electrons. The average molecular weight is 530 g/mol. The van der Waals surface area contributed by atoms with Crippen molar-refractivity contribution < 1.29 is 9.13 Å². The van der Waals surface area contributed by atoms with Crippen molar-refractivity contribution in [2.75, 3.05) is 5.32 Å². The Morgan fingerprint density at radius 2 is 1.97 bits per heavy atom. The second kappa shape index (κ2) is 10.2. The Bertz CT molecular complexity index is 1700. The van der Waals surface area contributed by atoms with Crippen LogP contribution in [0, 0.1) is 5.82 Å². The number of aryl methyl sites for hydroxylation is 2. The van der Waals surface area contributed by atoms with Crippen LogP contribution >= 0.6 is 22.9 Å². The molecular weight excluding hydrogens is 509 g/mol. The Labute approximate surface area is 221 Å². The molecule has 3 aromatic heterocycles. The lowest BCUT2D eigenvalue weighted by Gasteiger charge is -2.11. The van der Waals surface area contributed by atoms with E-state index in [4.69, 9.17) is 16.3 Å². The molecule has 6 aromatic rings. The summed E-state index contributed by atoms with van der Waals surface area (Å²) in [5.41, 5.74) is 2.77. The van der Waals surface area contributed by atoms with E-state index in [2.05, 4.69) is 43.0 Å². The van der Waals surface area contributed by atoms with Gasteiger partial charge in [0.25, 0.3) is 0 Å². The molecule has 1 N–H and O–H groups in total. The van der Waals surface area contributed by atoms with E-state index in [-0.39, 0.29) is 12.4 Å². The molecule has 0 bridgehead atoms. The average Bonchev–Trinajstić information content (AvgIpc) is 3.55. The predicted molar refractivity (Wildman–Crippen MR) is 146 cm³/mol. The Morgan fingerprint density at radius 1 is 1.03 bits per heavy atom. The van der Waals surface area contributed by atoms with Gasteiger partial charge in [-0.15, -0.1) is 11.3 Å². The first-order valence-corrected chi connectivity index (χ1v) is 12.9. The van der Waals surface area contributed by atoms with Gasteiger partial charge in [0.2, 0.25) is 0 Å². The number of aromatic nitrogens is 4. The van der Waals surface area contributed by atoms with Gasteiger partial charge in [-0.05, 0) is 53.9 Å². The quantitative estimate of drug-likeness (QED) is 0.222. The van der Waals surface area contributed by atoms with Gasteiger partial charge in [-0.3, -0.25) is 0 Å². The van der Waals surface area contributed by atoms with Crippen LogP contribution < -0.4 is 10.1 Å². The first-order valence-electron chi connectivity index (χ1n) is 11.7. The maximum absolute atomic E-state index is 13.4. The van der Waals surface area contributed by atoms with Crippen molar-refractivity contribution in [3.05, 3.63) is 108 Å². The molecule has 0 radical (unpaired) electrons. The van der Waals surface area contributed by atoms with E-state index in [0.717, 1.165) is 39.8 Å². The molecule has 0 amide bonds. The largest absolute Gasteiger partial charge is 0.487 e. The monoisotopic (exact) mass is 529 g/mol. The van der Waals surface area contributed by atoms with Crippen LogP contribution in [0.4, 0.5) is 15.9 Å². The zero-order valence-electron chi connectivity index (χ0n) is 19.6. The van der Waals surface area contributed by atoms with Crippen LogP contribution in [0.15, 0.2) is 85.7 Å². The second-order valence-corrected chi connectivity index (χ2v) is 10.0. The minimum absolute atomic E-state index is 0.224. The van der Waals surface area contributed by atoms with Crippen molar-refractivity contribution >= 4 is 54.7 Å². The summed E-state index contributed by atoms with van der Waals surface area (Å²) in [6.45, 7) is 1.10. The smallest absolute Gasteiger partial charge is 0.143 e. The summed E-state index contributed by atoms with van der Waals surface area (Å²) in [6.07, 6.45) is 8.09. The van der Waals surface area contributed by atoms with Crippen LogP contribution in [0.2, 0.25) is 5.02 Å². The second-order valence-electron chi connectivity index (χ2n) is 8.57. The van der Waals surface area contributed by atoms with Gasteiger partial charge in [0.15, 0.2) is 0 Å². The van der Waals surface area contributed by atoms with Crippen molar-refractivity contribution in [1.29, 1.82) is 0 Å². The van der Waals surface area contributed by atoms with Crippen molar-refractivity contribution in [1.82, 2.24) is 19.5 Å². The highest BCUT2D eigenvalue weighted by molar-refractivity contribution is 7.25. The third kappa shape index (κ3) is 5.12. The number of fused-ring (bicyclic) bond motifs is 3. The molecule has 0 atom stereocenters. The number of ether oxygens (including phenoxy) is 1. The highest BCUT2D eigenvalue weighted by Gasteiger charge is 2.13. The molecule has 0 spiro atoms. The van der Waals surface area contributed by atoms with Crippen LogP contribution in [0.3, 0.4) is 0 Å². The molecule has 6 rings (SSSR count). The molecule has 0 saturated carbocycles. The maximum Gasteiger partial charge on any atom is 0.143 e. The third-order valence-corrected chi connectivity index (χ3v) is 7.39. The van der Waals surface area contributed by atoms with E-state index < -0.39 is 0 Å². The lowest BCUT2D eigenvalue weighted by molar-refractivity contribution is 0.306. The Hall–Kier alpha value is -4.01. The summed E-state index contributed by atoms with van der Waals surface area (Å²) < 4.78 is 22.5. The number of hydrogen-bond acceptors (Lipinski definition) is 6. The molecule has 0 saturated heterocycles. The predicted octanol–water partition coefficient (Wildman–Crippen LogP) is 7.40. The standard InChI is InChI=1S/C28H21ClFN5OS/c29-23-14-21(5-7-24(23)36-15-19-2-1-3-20(30)12-19)34-27-26-22-6-4-18(8-10-35-11-9-31-17-35)13-25(22)37-28(26)33-16-32-27/h1-7,9,11-14,16-17H,8,10,15H2,(H,32,33,34). The summed E-state index contributed by atoms with van der Waals surface area (Å²) in [4.78, 5) is 14.1. The summed E-state index contributed by atoms with van der Waals surface area (Å²) in [5.74, 6) is 0.940. The van der Waals surface area contributed by atoms with E-state index in [1.165, 1.54) is 22.4 Å². The molecule has 0 aliphatic carbocycles. The van der Waals surface area contributed by atoms with Crippen LogP contribution in [-0.2, 0) is 19.6 Å². The van der Waals surface area contributed by atoms with E-state index in [0.29, 0.717) is 16.6 Å². The van der Waals surface area contributed by atoms with E-state index in [9.17, 15) is 4.39 Å². The molecule has 0 aliphatic rings. The minimum atomic E-state index is -0.297. The highest BCUT2D eigenvalue weighted by Crippen LogP contribution is 2.38. The molecule has 9 heteroatoms. The number of nitrogens with zero attached hydrogens (tertiary/aromatic N) is 4. The van der Waals surface area contributed by atoms with Crippen LogP contribution in [0.1, 0.15) is 11.1 Å². The first-order chi connectivity index (χ1) is 18.1. The lowest BCUT2D eigenvalue weighted by atomic mass is 10.1. The number of benzene rings is 3. The molecule has 0 unspecified atom stereocenters. The number of halogens is 2. The SMILES string of the molecule is Fc1cccc(COc2ccc(Nc3ncnc4sc5cc(CCn6ccnc6)ccc5c34)cc2Cl)c1. The molecule has 0 aliphatic heterocycles. The lowest BCUT2D eigenvalue weighted by Crippen LogP contribution is -1.98. The van der Waals surface area contributed by atoms with E-state index in [1.807, 2.05) is 18.6 Å². The zero-order valence-corrected chi connectivity index (χ0v) is 21.1. The highest BCUT2D eigenvalue weighted by atomic mass is 35.5. The molecule has 6 nitrogen and oxygen atoms in total. The number of imidazole rings is 1. The van der Waals surface area contributed by atoms with Gasteiger partial charge in [-0.25, -0.2) is 19.3 Å². The molecule has 3 aromatic carbocycles. The summed E-state index contributed by atoms with van der Waals surface area (Å²) in [7, 11) is 0. The third-order valence-electron chi connectivity index (χ3n) is 6.03. The van der Waals surface area contributed by atoms with Crippen molar-refractivity contribution in [3.63, 3.8) is 0 Å². The Kier molecular flexibility index (Phi) is 6.42. The number of hydrogen-bond donors (Lipinski definition) is 1. The van der Waals surface area contributed by atoms with Crippen LogP contribution in [0.5, 0.6) is 5.75 Å². The summed E-state index contributed by atoms with van der Waals surface area (Å²) >= 11 is 8.15. The topological polar surface area (TPSA) is 64.9 Å². The number of rotatable bonds is 8. The van der Waals surface area contributed by atoms with Crippen LogP contribution in [-0.4, -0.2) is 19.5 Å². The van der Waals surface area contributed by atoms with Gasteiger partial charge in [-0.2, -0.15) is 0 Å². The summed E-state index contributed by atoms with van der Waals surface area (Å²) in [5, 5.41) is 5.92. The first kappa shape index (κ1) is 23.4. The van der Waals surface area contributed by atoms with E-state index >= 15 is 0 Å². The van der Waals surface area contributed by atoms with Gasteiger partial charge in [-0.1, -0.05) is 35.9 Å². The molecule has 0 fully saturated rings. The maximum atomic E-state index is 13.4. The van der Waals surface area contributed by atoms with Crippen molar-refractivity contribution in [2.45, 2.75) is 19.6 Å². The normalized spacial score (nSPS) is 11.3. The van der Waals surface area contributed by atoms with Crippen molar-refractivity contribution in [2.24, 2.45) is 0 Å². The minimum Gasteiger partial charge on any atom is -0.487 e. The van der Waals surface area contributed by atoms with Gasteiger partial charge in [0, 0.05) is 34.7 Å². The Balaban J connectivity index is 1.22. The number of thiophene rings is 1. The van der Waals surface area contributed by atoms with Crippen LogP contribution in [0.25, 0.3) is 20.3 Å².